The lowest BCUT2D eigenvalue weighted by atomic mass is 9.79. The molecule has 2 aromatic carbocycles. The Kier molecular flexibility index (Phi) is 4.04. The van der Waals surface area contributed by atoms with Crippen molar-refractivity contribution in [3.63, 3.8) is 0 Å². The van der Waals surface area contributed by atoms with Crippen molar-refractivity contribution < 1.29 is 9.52 Å². The summed E-state index contributed by atoms with van der Waals surface area (Å²) in [6, 6.07) is 16.2. The predicted molar refractivity (Wildman–Crippen MR) is 116 cm³/mol. The fraction of sp³-hybridized carbons (Fsp3) is 0.320. The number of pyridine rings is 1. The molecule has 144 valence electrons. The highest BCUT2D eigenvalue weighted by Crippen LogP contribution is 2.36. The Labute approximate surface area is 166 Å². The van der Waals surface area contributed by atoms with Gasteiger partial charge in [-0.3, -0.25) is 0 Å². The van der Waals surface area contributed by atoms with E-state index in [0.29, 0.717) is 11.3 Å². The Balaban J connectivity index is 1.94. The van der Waals surface area contributed by atoms with E-state index in [9.17, 15) is 5.11 Å². The maximum absolute atomic E-state index is 10.1. The van der Waals surface area contributed by atoms with Crippen molar-refractivity contribution in [1.29, 1.82) is 0 Å². The Morgan fingerprint density at radius 2 is 1.43 bits per heavy atom. The summed E-state index contributed by atoms with van der Waals surface area (Å²) in [4.78, 5) is 4.79. The van der Waals surface area contributed by atoms with Gasteiger partial charge in [-0.2, -0.15) is 0 Å². The molecular formula is C25H27NO2. The van der Waals surface area contributed by atoms with Gasteiger partial charge in [0.05, 0.1) is 5.69 Å². The van der Waals surface area contributed by atoms with Gasteiger partial charge in [-0.1, -0.05) is 59.7 Å². The summed E-state index contributed by atoms with van der Waals surface area (Å²) >= 11 is 0. The molecule has 3 nitrogen and oxygen atoms in total. The third-order valence-electron chi connectivity index (χ3n) is 5.30. The number of rotatable bonds is 1. The summed E-state index contributed by atoms with van der Waals surface area (Å²) in [6.45, 7) is 13.4. The SMILES string of the molecule is CC(C)(C)c1cc(-c2ccc3c(n2)oc2c(O)cccc23)cc(C(C)(C)C)c1. The van der Waals surface area contributed by atoms with Crippen LogP contribution in [0.15, 0.2) is 52.9 Å². The van der Waals surface area contributed by atoms with Crippen LogP contribution < -0.4 is 0 Å². The average molecular weight is 373 g/mol. The zero-order valence-corrected chi connectivity index (χ0v) is 17.4. The lowest BCUT2D eigenvalue weighted by molar-refractivity contribution is 0.468. The van der Waals surface area contributed by atoms with Crippen LogP contribution in [0.1, 0.15) is 52.7 Å². The predicted octanol–water partition coefficient (Wildman–Crippen LogP) is 6.95. The number of aromatic hydroxyl groups is 1. The first-order valence-corrected chi connectivity index (χ1v) is 9.72. The summed E-state index contributed by atoms with van der Waals surface area (Å²) in [5.74, 6) is 0.141. The molecule has 0 amide bonds. The lowest BCUT2D eigenvalue weighted by Gasteiger charge is -2.26. The first kappa shape index (κ1) is 18.5. The molecule has 0 atom stereocenters. The van der Waals surface area contributed by atoms with Gasteiger partial charge in [0.2, 0.25) is 5.71 Å². The summed E-state index contributed by atoms with van der Waals surface area (Å²) in [5.41, 5.74) is 5.68. The van der Waals surface area contributed by atoms with E-state index < -0.39 is 0 Å². The molecule has 4 rings (SSSR count). The van der Waals surface area contributed by atoms with Crippen LogP contribution in [-0.4, -0.2) is 10.1 Å². The number of aromatic nitrogens is 1. The highest BCUT2D eigenvalue weighted by atomic mass is 16.4. The van der Waals surface area contributed by atoms with Crippen molar-refractivity contribution in [1.82, 2.24) is 4.98 Å². The van der Waals surface area contributed by atoms with Crippen LogP contribution in [0.4, 0.5) is 0 Å². The van der Waals surface area contributed by atoms with E-state index in [1.165, 1.54) is 11.1 Å². The third-order valence-corrected chi connectivity index (χ3v) is 5.30. The molecule has 0 bridgehead atoms. The van der Waals surface area contributed by atoms with E-state index in [0.717, 1.165) is 22.0 Å². The van der Waals surface area contributed by atoms with Crippen LogP contribution in [0.25, 0.3) is 33.3 Å². The van der Waals surface area contributed by atoms with Crippen LogP contribution in [0.5, 0.6) is 5.75 Å². The van der Waals surface area contributed by atoms with Gasteiger partial charge in [0, 0.05) is 16.3 Å². The van der Waals surface area contributed by atoms with Crippen LogP contribution in [0, 0.1) is 0 Å². The lowest BCUT2D eigenvalue weighted by Crippen LogP contribution is -2.16. The van der Waals surface area contributed by atoms with Gasteiger partial charge in [0.15, 0.2) is 11.3 Å². The second-order valence-electron chi connectivity index (χ2n) is 9.60. The molecule has 0 radical (unpaired) electrons. The number of furan rings is 1. The van der Waals surface area contributed by atoms with Crippen molar-refractivity contribution >= 4 is 22.1 Å². The highest BCUT2D eigenvalue weighted by molar-refractivity contribution is 6.05. The van der Waals surface area contributed by atoms with E-state index in [2.05, 4.69) is 59.7 Å². The Morgan fingerprint density at radius 1 is 0.786 bits per heavy atom. The van der Waals surface area contributed by atoms with Gasteiger partial charge < -0.3 is 9.52 Å². The minimum Gasteiger partial charge on any atom is -0.504 e. The fourth-order valence-corrected chi connectivity index (χ4v) is 3.47. The van der Waals surface area contributed by atoms with Crippen molar-refractivity contribution in [3.05, 3.63) is 59.7 Å². The summed E-state index contributed by atoms with van der Waals surface area (Å²) < 4.78 is 5.88. The molecule has 28 heavy (non-hydrogen) atoms. The molecular weight excluding hydrogens is 346 g/mol. The molecule has 0 fully saturated rings. The van der Waals surface area contributed by atoms with E-state index in [4.69, 9.17) is 9.40 Å². The number of hydrogen-bond donors (Lipinski definition) is 1. The quantitative estimate of drug-likeness (QED) is 0.393. The highest BCUT2D eigenvalue weighted by Gasteiger charge is 2.21. The van der Waals surface area contributed by atoms with Crippen molar-refractivity contribution in [2.24, 2.45) is 0 Å². The summed E-state index contributed by atoms with van der Waals surface area (Å²) in [7, 11) is 0. The Bertz CT molecular complexity index is 1150. The molecule has 3 heteroatoms. The first-order valence-electron chi connectivity index (χ1n) is 9.72. The van der Waals surface area contributed by atoms with Crippen LogP contribution in [0.2, 0.25) is 0 Å². The molecule has 0 unspecified atom stereocenters. The topological polar surface area (TPSA) is 46.3 Å². The normalized spacial score (nSPS) is 12.8. The number of hydrogen-bond acceptors (Lipinski definition) is 3. The van der Waals surface area contributed by atoms with E-state index >= 15 is 0 Å². The number of nitrogens with zero attached hydrogens (tertiary/aromatic N) is 1. The van der Waals surface area contributed by atoms with E-state index in [1.54, 1.807) is 6.07 Å². The number of phenolic OH excluding ortho intramolecular Hbond substituents is 1. The zero-order chi connectivity index (χ0) is 20.3. The van der Waals surface area contributed by atoms with Gasteiger partial charge in [0.25, 0.3) is 0 Å². The number of phenols is 1. The Hall–Kier alpha value is -2.81. The van der Waals surface area contributed by atoms with Crippen LogP contribution in [-0.2, 0) is 10.8 Å². The average Bonchev–Trinajstić information content (AvgIpc) is 2.99. The smallest absolute Gasteiger partial charge is 0.228 e. The minimum atomic E-state index is 0.0469. The van der Waals surface area contributed by atoms with Crippen molar-refractivity contribution in [3.8, 4) is 17.0 Å². The minimum absolute atomic E-state index is 0.0469. The summed E-state index contributed by atoms with van der Waals surface area (Å²) in [6.07, 6.45) is 0. The monoisotopic (exact) mass is 373 g/mol. The molecule has 0 aliphatic heterocycles. The first-order chi connectivity index (χ1) is 13.0. The fourth-order valence-electron chi connectivity index (χ4n) is 3.47. The molecule has 0 aliphatic rings. The molecule has 2 aromatic heterocycles. The van der Waals surface area contributed by atoms with Gasteiger partial charge in [0.1, 0.15) is 0 Å². The maximum Gasteiger partial charge on any atom is 0.228 e. The van der Waals surface area contributed by atoms with E-state index in [1.807, 2.05) is 24.3 Å². The number of fused-ring (bicyclic) bond motifs is 3. The molecule has 0 aliphatic carbocycles. The Morgan fingerprint density at radius 3 is 2.04 bits per heavy atom. The number of para-hydroxylation sites is 1. The van der Waals surface area contributed by atoms with Crippen LogP contribution in [0.3, 0.4) is 0 Å². The second-order valence-corrected chi connectivity index (χ2v) is 9.60. The van der Waals surface area contributed by atoms with Gasteiger partial charge >= 0.3 is 0 Å². The second kappa shape index (κ2) is 6.10. The maximum atomic E-state index is 10.1. The molecule has 0 saturated carbocycles. The third kappa shape index (κ3) is 3.15. The summed E-state index contributed by atoms with van der Waals surface area (Å²) in [5, 5.41) is 11.9. The van der Waals surface area contributed by atoms with E-state index in [-0.39, 0.29) is 16.6 Å². The van der Waals surface area contributed by atoms with Crippen molar-refractivity contribution in [2.45, 2.75) is 52.4 Å². The van der Waals surface area contributed by atoms with Gasteiger partial charge in [-0.15, -0.1) is 0 Å². The van der Waals surface area contributed by atoms with Gasteiger partial charge in [-0.25, -0.2) is 4.98 Å². The van der Waals surface area contributed by atoms with Gasteiger partial charge in [-0.05, 0) is 52.3 Å². The standard InChI is InChI=1S/C25H27NO2/c1-24(2,3)16-12-15(13-17(14-16)25(4,5)6)20-11-10-19-18-8-7-9-21(27)22(18)28-23(19)26-20/h7-14,27H,1-6H3. The molecule has 2 heterocycles. The number of benzene rings is 2. The zero-order valence-electron chi connectivity index (χ0n) is 17.4. The molecule has 1 N–H and O–H groups in total. The van der Waals surface area contributed by atoms with Crippen LogP contribution >= 0.6 is 0 Å². The molecule has 4 aromatic rings. The molecule has 0 saturated heterocycles. The van der Waals surface area contributed by atoms with Crippen molar-refractivity contribution in [2.75, 3.05) is 0 Å². The largest absolute Gasteiger partial charge is 0.504 e. The molecule has 0 spiro atoms.